The molecule has 0 rings (SSSR count). The third kappa shape index (κ3) is 9.51. The lowest BCUT2D eigenvalue weighted by Crippen LogP contribution is -2.31. The zero-order valence-electron chi connectivity index (χ0n) is 11.8. The Hall–Kier alpha value is -0.180. The molecule has 1 amide bonds. The van der Waals surface area contributed by atoms with Crippen LogP contribution in [0.15, 0.2) is 0 Å². The van der Waals surface area contributed by atoms with Gasteiger partial charge < -0.3 is 4.90 Å². The van der Waals surface area contributed by atoms with Crippen molar-refractivity contribution in [3.8, 4) is 0 Å². The Balaban J connectivity index is 3.30. The van der Waals surface area contributed by atoms with E-state index in [1.807, 2.05) is 18.7 Å². The van der Waals surface area contributed by atoms with Gasteiger partial charge in [0.2, 0.25) is 5.91 Å². The standard InChI is InChI=1S/C14H29NOS/c1-4-7-8-9-10-11-12-17-13-14(16)15(5-2)6-3/h4-13H2,1-3H3. The predicted octanol–water partition coefficient (Wildman–Crippen LogP) is 3.95. The van der Waals surface area contributed by atoms with Crippen molar-refractivity contribution >= 4 is 17.7 Å². The van der Waals surface area contributed by atoms with Gasteiger partial charge in [0.25, 0.3) is 0 Å². The average Bonchev–Trinajstić information content (AvgIpc) is 2.34. The molecule has 2 nitrogen and oxygen atoms in total. The molecule has 0 spiro atoms. The van der Waals surface area contributed by atoms with E-state index in [1.165, 1.54) is 38.5 Å². The van der Waals surface area contributed by atoms with Gasteiger partial charge in [0.15, 0.2) is 0 Å². The van der Waals surface area contributed by atoms with Gasteiger partial charge in [-0.25, -0.2) is 0 Å². The Bertz CT molecular complexity index is 181. The minimum atomic E-state index is 0.297. The normalized spacial score (nSPS) is 10.5. The van der Waals surface area contributed by atoms with Gasteiger partial charge in [-0.2, -0.15) is 11.8 Å². The average molecular weight is 259 g/mol. The van der Waals surface area contributed by atoms with E-state index in [0.717, 1.165) is 18.8 Å². The fourth-order valence-electron chi connectivity index (χ4n) is 1.81. The summed E-state index contributed by atoms with van der Waals surface area (Å²) in [5.41, 5.74) is 0. The van der Waals surface area contributed by atoms with Crippen LogP contribution < -0.4 is 0 Å². The summed E-state index contributed by atoms with van der Waals surface area (Å²) in [6.45, 7) is 8.01. The third-order valence-electron chi connectivity index (χ3n) is 2.98. The summed E-state index contributed by atoms with van der Waals surface area (Å²) in [6, 6.07) is 0. The first kappa shape index (κ1) is 16.8. The molecular formula is C14H29NOS. The van der Waals surface area contributed by atoms with Crippen LogP contribution in [0.1, 0.15) is 59.3 Å². The lowest BCUT2D eigenvalue weighted by atomic mass is 10.1. The molecule has 0 bridgehead atoms. The molecule has 0 aliphatic heterocycles. The zero-order chi connectivity index (χ0) is 12.9. The molecule has 17 heavy (non-hydrogen) atoms. The van der Waals surface area contributed by atoms with Crippen LogP contribution in [0.25, 0.3) is 0 Å². The molecule has 0 fully saturated rings. The Morgan fingerprint density at radius 2 is 1.53 bits per heavy atom. The van der Waals surface area contributed by atoms with Crippen LogP contribution in [-0.2, 0) is 4.79 Å². The first-order valence-corrected chi connectivity index (χ1v) is 8.27. The second-order valence-electron chi connectivity index (χ2n) is 4.39. The van der Waals surface area contributed by atoms with Crippen LogP contribution >= 0.6 is 11.8 Å². The molecule has 0 radical (unpaired) electrons. The fourth-order valence-corrected chi connectivity index (χ4v) is 2.72. The Labute approximate surface area is 112 Å². The van der Waals surface area contributed by atoms with Crippen molar-refractivity contribution < 1.29 is 4.79 Å². The number of nitrogens with zero attached hydrogens (tertiary/aromatic N) is 1. The van der Waals surface area contributed by atoms with E-state index in [-0.39, 0.29) is 0 Å². The second kappa shape index (κ2) is 12.3. The largest absolute Gasteiger partial charge is 0.343 e. The highest BCUT2D eigenvalue weighted by Gasteiger charge is 2.08. The van der Waals surface area contributed by atoms with Gasteiger partial charge in [0.05, 0.1) is 5.75 Å². The lowest BCUT2D eigenvalue weighted by molar-refractivity contribution is -0.127. The highest BCUT2D eigenvalue weighted by atomic mass is 32.2. The Morgan fingerprint density at radius 3 is 2.12 bits per heavy atom. The number of hydrogen-bond acceptors (Lipinski definition) is 2. The molecule has 0 aromatic carbocycles. The van der Waals surface area contributed by atoms with Crippen molar-refractivity contribution in [3.05, 3.63) is 0 Å². The van der Waals surface area contributed by atoms with E-state index in [4.69, 9.17) is 0 Å². The van der Waals surface area contributed by atoms with Gasteiger partial charge in [0.1, 0.15) is 0 Å². The second-order valence-corrected chi connectivity index (χ2v) is 5.49. The number of amides is 1. The summed E-state index contributed by atoms with van der Waals surface area (Å²) in [4.78, 5) is 13.6. The van der Waals surface area contributed by atoms with Crippen molar-refractivity contribution in [3.63, 3.8) is 0 Å². The maximum Gasteiger partial charge on any atom is 0.232 e. The maximum absolute atomic E-state index is 11.7. The molecule has 0 aromatic heterocycles. The molecule has 102 valence electrons. The van der Waals surface area contributed by atoms with Crippen LogP contribution in [0.3, 0.4) is 0 Å². The molecule has 0 unspecified atom stereocenters. The predicted molar refractivity (Wildman–Crippen MR) is 78.6 cm³/mol. The van der Waals surface area contributed by atoms with Gasteiger partial charge in [-0.1, -0.05) is 39.0 Å². The van der Waals surface area contributed by atoms with Crippen molar-refractivity contribution in [2.45, 2.75) is 59.3 Å². The summed E-state index contributed by atoms with van der Waals surface area (Å²) in [5.74, 6) is 2.10. The molecule has 0 aliphatic rings. The fraction of sp³-hybridized carbons (Fsp3) is 0.929. The summed E-state index contributed by atoms with van der Waals surface area (Å²) in [6.07, 6.45) is 8.00. The van der Waals surface area contributed by atoms with Crippen molar-refractivity contribution in [1.29, 1.82) is 0 Å². The number of thioether (sulfide) groups is 1. The van der Waals surface area contributed by atoms with Gasteiger partial charge >= 0.3 is 0 Å². The van der Waals surface area contributed by atoms with Crippen molar-refractivity contribution in [1.82, 2.24) is 4.90 Å². The topological polar surface area (TPSA) is 20.3 Å². The molecule has 0 N–H and O–H groups in total. The third-order valence-corrected chi connectivity index (χ3v) is 4.01. The molecule has 0 aliphatic carbocycles. The molecule has 0 atom stereocenters. The number of hydrogen-bond donors (Lipinski definition) is 0. The van der Waals surface area contributed by atoms with Crippen molar-refractivity contribution in [2.24, 2.45) is 0 Å². The Kier molecular flexibility index (Phi) is 12.2. The zero-order valence-corrected chi connectivity index (χ0v) is 12.7. The van der Waals surface area contributed by atoms with Crippen LogP contribution in [-0.4, -0.2) is 35.4 Å². The molecule has 0 heterocycles. The SMILES string of the molecule is CCCCCCCCSCC(=O)N(CC)CC. The number of unbranched alkanes of at least 4 members (excludes halogenated alkanes) is 5. The van der Waals surface area contributed by atoms with Gasteiger partial charge in [0, 0.05) is 13.1 Å². The van der Waals surface area contributed by atoms with Crippen LogP contribution in [0.4, 0.5) is 0 Å². The Morgan fingerprint density at radius 1 is 0.941 bits per heavy atom. The highest BCUT2D eigenvalue weighted by Crippen LogP contribution is 2.10. The van der Waals surface area contributed by atoms with E-state index >= 15 is 0 Å². The van der Waals surface area contributed by atoms with Gasteiger partial charge in [-0.3, -0.25) is 4.79 Å². The van der Waals surface area contributed by atoms with E-state index < -0.39 is 0 Å². The molecule has 0 saturated heterocycles. The van der Waals surface area contributed by atoms with E-state index in [1.54, 1.807) is 11.8 Å². The minimum Gasteiger partial charge on any atom is -0.343 e. The smallest absolute Gasteiger partial charge is 0.232 e. The van der Waals surface area contributed by atoms with Crippen LogP contribution in [0, 0.1) is 0 Å². The van der Waals surface area contributed by atoms with Gasteiger partial charge in [-0.15, -0.1) is 0 Å². The van der Waals surface area contributed by atoms with E-state index in [9.17, 15) is 4.79 Å². The summed E-state index contributed by atoms with van der Waals surface area (Å²) in [5, 5.41) is 0. The minimum absolute atomic E-state index is 0.297. The number of rotatable bonds is 11. The van der Waals surface area contributed by atoms with Crippen LogP contribution in [0.2, 0.25) is 0 Å². The maximum atomic E-state index is 11.7. The van der Waals surface area contributed by atoms with Crippen LogP contribution in [0.5, 0.6) is 0 Å². The molecule has 3 heteroatoms. The molecule has 0 aromatic rings. The lowest BCUT2D eigenvalue weighted by Gasteiger charge is -2.18. The first-order chi connectivity index (χ1) is 8.26. The summed E-state index contributed by atoms with van der Waals surface area (Å²) >= 11 is 1.79. The summed E-state index contributed by atoms with van der Waals surface area (Å²) in [7, 11) is 0. The monoisotopic (exact) mass is 259 g/mol. The highest BCUT2D eigenvalue weighted by molar-refractivity contribution is 7.99. The molecular weight excluding hydrogens is 230 g/mol. The van der Waals surface area contributed by atoms with E-state index in [2.05, 4.69) is 6.92 Å². The molecule has 0 saturated carbocycles. The summed E-state index contributed by atoms with van der Waals surface area (Å²) < 4.78 is 0. The van der Waals surface area contributed by atoms with E-state index in [0.29, 0.717) is 11.7 Å². The van der Waals surface area contributed by atoms with Gasteiger partial charge in [-0.05, 0) is 26.0 Å². The van der Waals surface area contributed by atoms with Crippen molar-refractivity contribution in [2.75, 3.05) is 24.6 Å². The number of carbonyl (C=O) groups excluding carboxylic acids is 1. The quantitative estimate of drug-likeness (QED) is 0.524. The number of carbonyl (C=O) groups is 1. The first-order valence-electron chi connectivity index (χ1n) is 7.11.